The first-order valence-corrected chi connectivity index (χ1v) is 5.71. The molecule has 1 atom stereocenters. The van der Waals surface area contributed by atoms with Gasteiger partial charge < -0.3 is 14.2 Å². The van der Waals surface area contributed by atoms with E-state index in [1.807, 2.05) is 0 Å². The molecule has 0 aliphatic heterocycles. The maximum Gasteiger partial charge on any atom is 0.307 e. The van der Waals surface area contributed by atoms with Crippen molar-refractivity contribution in [1.29, 1.82) is 0 Å². The highest BCUT2D eigenvalue weighted by atomic mass is 28.1. The van der Waals surface area contributed by atoms with Crippen molar-refractivity contribution < 1.29 is 28.6 Å². The minimum absolute atomic E-state index is 0.0181. The molecule has 1 unspecified atom stereocenters. The molecule has 0 fully saturated rings. The predicted molar refractivity (Wildman–Crippen MR) is 57.1 cm³/mol. The number of carbonyl (C=O) groups excluding carboxylic acids is 3. The molecule has 0 rings (SSSR count). The van der Waals surface area contributed by atoms with Crippen LogP contribution in [0.2, 0.25) is 0 Å². The van der Waals surface area contributed by atoms with E-state index in [1.54, 1.807) is 0 Å². The van der Waals surface area contributed by atoms with Gasteiger partial charge >= 0.3 is 17.9 Å². The van der Waals surface area contributed by atoms with Gasteiger partial charge in [-0.25, -0.2) is 0 Å². The van der Waals surface area contributed by atoms with Gasteiger partial charge in [0.05, 0.1) is 10.2 Å². The number of esters is 3. The lowest BCUT2D eigenvalue weighted by molar-refractivity contribution is -0.147. The highest BCUT2D eigenvalue weighted by Crippen LogP contribution is 2.07. The Balaban J connectivity index is 4.64. The highest BCUT2D eigenvalue weighted by molar-refractivity contribution is 6.13. The van der Waals surface area contributed by atoms with Crippen LogP contribution in [0.25, 0.3) is 0 Å². The van der Waals surface area contributed by atoms with Gasteiger partial charge in [0.2, 0.25) is 0 Å². The third-order valence-corrected chi connectivity index (χ3v) is 2.15. The molecular weight excluding hydrogens is 232 g/mol. The summed E-state index contributed by atoms with van der Waals surface area (Å²) in [6, 6.07) is 0. The third kappa shape index (κ3) is 6.77. The molecule has 0 aliphatic carbocycles. The van der Waals surface area contributed by atoms with E-state index >= 15 is 0 Å². The molecule has 0 aromatic carbocycles. The molecular formula is C9H14O6Si. The van der Waals surface area contributed by atoms with E-state index in [4.69, 9.17) is 9.47 Å². The van der Waals surface area contributed by atoms with E-state index in [0.29, 0.717) is 10.2 Å². The average Bonchev–Trinajstić information content (AvgIpc) is 2.09. The van der Waals surface area contributed by atoms with E-state index in [9.17, 15) is 14.4 Å². The van der Waals surface area contributed by atoms with E-state index in [2.05, 4.69) is 4.74 Å². The van der Waals surface area contributed by atoms with Crippen LogP contribution in [0.1, 0.15) is 20.8 Å². The van der Waals surface area contributed by atoms with Gasteiger partial charge in [-0.05, 0) is 0 Å². The summed E-state index contributed by atoms with van der Waals surface area (Å²) in [5.74, 6) is -1.61. The topological polar surface area (TPSA) is 78.9 Å². The van der Waals surface area contributed by atoms with Crippen LogP contribution in [-0.4, -0.2) is 33.9 Å². The summed E-state index contributed by atoms with van der Waals surface area (Å²) in [6.45, 7) is 3.64. The largest absolute Gasteiger partial charge is 0.459 e. The number of hydrogen-bond donors (Lipinski definition) is 0. The maximum atomic E-state index is 10.8. The molecule has 0 aromatic rings. The smallest absolute Gasteiger partial charge is 0.307 e. The van der Waals surface area contributed by atoms with Crippen LogP contribution in [0.15, 0.2) is 12.0 Å². The Hall–Kier alpha value is -1.63. The van der Waals surface area contributed by atoms with Gasteiger partial charge in [-0.3, -0.25) is 14.4 Å². The standard InChI is InChI=1S/C9H14O6Si/c1-5(10)13-4-8(14-6(2)11)9(16)15-7(3)12/h4,9H,1-3,16H3. The van der Waals surface area contributed by atoms with E-state index in [1.165, 1.54) is 20.8 Å². The predicted octanol–water partition coefficient (Wildman–Crippen LogP) is -0.791. The molecule has 16 heavy (non-hydrogen) atoms. The summed E-state index contributed by atoms with van der Waals surface area (Å²) in [7, 11) is 0.406. The molecule has 0 amide bonds. The molecule has 0 spiro atoms. The van der Waals surface area contributed by atoms with Gasteiger partial charge in [-0.1, -0.05) is 0 Å². The Morgan fingerprint density at radius 1 is 1.06 bits per heavy atom. The Labute approximate surface area is 96.0 Å². The van der Waals surface area contributed by atoms with Crippen LogP contribution in [0.3, 0.4) is 0 Å². The summed E-state index contributed by atoms with van der Waals surface area (Å²) in [5.41, 5.74) is -0.666. The van der Waals surface area contributed by atoms with Gasteiger partial charge in [0.25, 0.3) is 0 Å². The average molecular weight is 246 g/mol. The summed E-state index contributed by atoms with van der Waals surface area (Å²) in [6.07, 6.45) is 0.977. The Morgan fingerprint density at radius 3 is 2.00 bits per heavy atom. The second kappa shape index (κ2) is 6.78. The van der Waals surface area contributed by atoms with Gasteiger partial charge in [0, 0.05) is 20.8 Å². The first-order chi connectivity index (χ1) is 7.32. The van der Waals surface area contributed by atoms with Crippen LogP contribution in [0, 0.1) is 0 Å². The fourth-order valence-electron chi connectivity index (χ4n) is 0.817. The van der Waals surface area contributed by atoms with Crippen LogP contribution in [-0.2, 0) is 28.6 Å². The maximum absolute atomic E-state index is 10.8. The fraction of sp³-hybridized carbons (Fsp3) is 0.444. The second-order valence-corrected chi connectivity index (χ2v) is 4.02. The van der Waals surface area contributed by atoms with Gasteiger partial charge in [0.15, 0.2) is 5.76 Å². The van der Waals surface area contributed by atoms with Gasteiger partial charge in [-0.2, -0.15) is 0 Å². The first kappa shape index (κ1) is 14.4. The normalized spacial score (nSPS) is 12.8. The molecule has 0 bridgehead atoms. The zero-order chi connectivity index (χ0) is 12.7. The molecule has 0 N–H and O–H groups in total. The van der Waals surface area contributed by atoms with Crippen LogP contribution < -0.4 is 0 Å². The molecule has 0 aromatic heterocycles. The quantitative estimate of drug-likeness (QED) is 0.280. The highest BCUT2D eigenvalue weighted by Gasteiger charge is 2.16. The minimum atomic E-state index is -0.666. The Morgan fingerprint density at radius 2 is 1.62 bits per heavy atom. The lowest BCUT2D eigenvalue weighted by Crippen LogP contribution is -2.22. The van der Waals surface area contributed by atoms with Crippen LogP contribution in [0.4, 0.5) is 0 Å². The Kier molecular flexibility index (Phi) is 6.09. The van der Waals surface area contributed by atoms with Crippen molar-refractivity contribution in [2.45, 2.75) is 26.5 Å². The van der Waals surface area contributed by atoms with Gasteiger partial charge in [0.1, 0.15) is 12.0 Å². The number of rotatable bonds is 4. The molecule has 90 valence electrons. The lowest BCUT2D eigenvalue weighted by atomic mass is 10.5. The van der Waals surface area contributed by atoms with E-state index < -0.39 is 23.6 Å². The van der Waals surface area contributed by atoms with Crippen molar-refractivity contribution >= 4 is 28.2 Å². The minimum Gasteiger partial charge on any atom is -0.459 e. The lowest BCUT2D eigenvalue weighted by Gasteiger charge is -2.14. The van der Waals surface area contributed by atoms with Crippen molar-refractivity contribution in [3.8, 4) is 0 Å². The molecule has 0 heterocycles. The van der Waals surface area contributed by atoms with Gasteiger partial charge in [-0.15, -0.1) is 0 Å². The number of hydrogen-bond acceptors (Lipinski definition) is 6. The van der Waals surface area contributed by atoms with Crippen molar-refractivity contribution in [2.24, 2.45) is 0 Å². The molecule has 0 saturated heterocycles. The summed E-state index contributed by atoms with van der Waals surface area (Å²) in [5, 5.41) is 0. The summed E-state index contributed by atoms with van der Waals surface area (Å²) < 4.78 is 14.2. The van der Waals surface area contributed by atoms with Crippen molar-refractivity contribution in [2.75, 3.05) is 0 Å². The second-order valence-electron chi connectivity index (χ2n) is 2.97. The molecule has 7 heteroatoms. The summed E-state index contributed by atoms with van der Waals surface area (Å²) >= 11 is 0. The van der Waals surface area contributed by atoms with Crippen molar-refractivity contribution in [1.82, 2.24) is 0 Å². The zero-order valence-corrected chi connectivity index (χ0v) is 11.6. The first-order valence-electron chi connectivity index (χ1n) is 4.55. The molecule has 0 saturated carbocycles. The van der Waals surface area contributed by atoms with Crippen LogP contribution in [0.5, 0.6) is 0 Å². The fourth-order valence-corrected chi connectivity index (χ4v) is 1.40. The SMILES string of the molecule is CC(=O)OC=C(OC(C)=O)C([SiH3])OC(C)=O. The zero-order valence-electron chi connectivity index (χ0n) is 9.60. The van der Waals surface area contributed by atoms with E-state index in [-0.39, 0.29) is 5.76 Å². The summed E-state index contributed by atoms with van der Waals surface area (Å²) in [4.78, 5) is 32.0. The molecule has 6 nitrogen and oxygen atoms in total. The Bertz CT molecular complexity index is 322. The molecule has 0 radical (unpaired) electrons. The third-order valence-electron chi connectivity index (χ3n) is 1.35. The number of ether oxygens (including phenoxy) is 3. The van der Waals surface area contributed by atoms with Crippen molar-refractivity contribution in [3.63, 3.8) is 0 Å². The molecule has 0 aliphatic rings. The van der Waals surface area contributed by atoms with Crippen molar-refractivity contribution in [3.05, 3.63) is 12.0 Å². The van der Waals surface area contributed by atoms with E-state index in [0.717, 1.165) is 6.26 Å². The monoisotopic (exact) mass is 246 g/mol. The van der Waals surface area contributed by atoms with Crippen LogP contribution >= 0.6 is 0 Å². The number of carbonyl (C=O) groups is 3.